The number of imidazole rings is 1. The Labute approximate surface area is 114 Å². The highest BCUT2D eigenvalue weighted by Crippen LogP contribution is 2.27. The van der Waals surface area contributed by atoms with Gasteiger partial charge in [0.05, 0.1) is 17.1 Å². The molecule has 0 aliphatic carbocycles. The molecule has 4 nitrogen and oxygen atoms in total. The first kappa shape index (κ1) is 13.9. The molecule has 0 saturated carbocycles. The molecule has 0 aliphatic heterocycles. The predicted octanol–water partition coefficient (Wildman–Crippen LogP) is 2.69. The maximum absolute atomic E-state index is 9.51. The van der Waals surface area contributed by atoms with Crippen molar-refractivity contribution in [2.24, 2.45) is 0 Å². The van der Waals surface area contributed by atoms with Crippen molar-refractivity contribution in [2.45, 2.75) is 52.2 Å². The van der Waals surface area contributed by atoms with Crippen molar-refractivity contribution < 1.29 is 5.11 Å². The Hall–Kier alpha value is -1.55. The first-order chi connectivity index (χ1) is 8.79. The van der Waals surface area contributed by atoms with Gasteiger partial charge in [-0.1, -0.05) is 20.8 Å². The summed E-state index contributed by atoms with van der Waals surface area (Å²) >= 11 is 0. The first-order valence-corrected chi connectivity index (χ1v) is 6.73. The van der Waals surface area contributed by atoms with Gasteiger partial charge < -0.3 is 15.4 Å². The van der Waals surface area contributed by atoms with Gasteiger partial charge in [0, 0.05) is 17.6 Å². The highest BCUT2D eigenvalue weighted by Gasteiger charge is 2.22. The number of hydrogen-bond acceptors (Lipinski definition) is 3. The molecule has 4 heteroatoms. The molecule has 1 aromatic carbocycles. The van der Waals surface area contributed by atoms with Crippen LogP contribution < -0.4 is 5.73 Å². The van der Waals surface area contributed by atoms with Gasteiger partial charge in [-0.05, 0) is 31.5 Å². The summed E-state index contributed by atoms with van der Waals surface area (Å²) in [6.07, 6.45) is 0.415. The number of anilines is 1. The van der Waals surface area contributed by atoms with Crippen molar-refractivity contribution in [1.82, 2.24) is 9.55 Å². The van der Waals surface area contributed by atoms with Crippen LogP contribution in [0.3, 0.4) is 0 Å². The summed E-state index contributed by atoms with van der Waals surface area (Å²) in [6, 6.07) is 5.81. The van der Waals surface area contributed by atoms with E-state index in [0.717, 1.165) is 35.5 Å². The van der Waals surface area contributed by atoms with Crippen molar-refractivity contribution >= 4 is 16.7 Å². The number of aliphatic hydroxyl groups is 1. The van der Waals surface area contributed by atoms with E-state index in [1.54, 1.807) is 0 Å². The van der Waals surface area contributed by atoms with E-state index < -0.39 is 0 Å². The minimum atomic E-state index is -0.306. The number of nitrogens with zero attached hydrogens (tertiary/aromatic N) is 2. The van der Waals surface area contributed by atoms with E-state index in [9.17, 15) is 5.11 Å². The fourth-order valence-corrected chi connectivity index (χ4v) is 2.26. The van der Waals surface area contributed by atoms with Crippen LogP contribution in [0, 0.1) is 0 Å². The predicted molar refractivity (Wildman–Crippen MR) is 79.1 cm³/mol. The lowest BCUT2D eigenvalue weighted by molar-refractivity contribution is 0.177. The first-order valence-electron chi connectivity index (χ1n) is 6.73. The zero-order chi connectivity index (χ0) is 14.2. The second kappa shape index (κ2) is 4.85. The number of benzene rings is 1. The molecule has 3 N–H and O–H groups in total. The Morgan fingerprint density at radius 2 is 2.05 bits per heavy atom. The van der Waals surface area contributed by atoms with Crippen molar-refractivity contribution in [2.75, 3.05) is 5.73 Å². The lowest BCUT2D eigenvalue weighted by Gasteiger charge is -2.20. The van der Waals surface area contributed by atoms with Crippen molar-refractivity contribution in [3.8, 4) is 0 Å². The van der Waals surface area contributed by atoms with Gasteiger partial charge in [-0.3, -0.25) is 0 Å². The standard InChI is InChI=1S/C15H23N3O/c1-10(19)7-8-18-13-6-5-11(16)9-12(13)17-14(18)15(2,3)4/h5-6,9-10,19H,7-8,16H2,1-4H3. The van der Waals surface area contributed by atoms with E-state index in [4.69, 9.17) is 10.7 Å². The number of aromatic nitrogens is 2. The molecule has 0 spiro atoms. The van der Waals surface area contributed by atoms with Gasteiger partial charge in [0.2, 0.25) is 0 Å². The average Bonchev–Trinajstić information content (AvgIpc) is 2.63. The minimum absolute atomic E-state index is 0.0352. The van der Waals surface area contributed by atoms with Gasteiger partial charge >= 0.3 is 0 Å². The normalized spacial score (nSPS) is 13.9. The van der Waals surface area contributed by atoms with Crippen molar-refractivity contribution in [1.29, 1.82) is 0 Å². The van der Waals surface area contributed by atoms with E-state index in [0.29, 0.717) is 0 Å². The zero-order valence-electron chi connectivity index (χ0n) is 12.1. The summed E-state index contributed by atoms with van der Waals surface area (Å²) in [5.41, 5.74) is 8.53. The molecule has 1 unspecified atom stereocenters. The van der Waals surface area contributed by atoms with Gasteiger partial charge in [0.25, 0.3) is 0 Å². The van der Waals surface area contributed by atoms with E-state index in [1.165, 1.54) is 0 Å². The summed E-state index contributed by atoms with van der Waals surface area (Å²) in [4.78, 5) is 4.72. The lowest BCUT2D eigenvalue weighted by Crippen LogP contribution is -2.20. The second-order valence-corrected chi connectivity index (χ2v) is 6.22. The van der Waals surface area contributed by atoms with E-state index in [2.05, 4.69) is 25.3 Å². The highest BCUT2D eigenvalue weighted by atomic mass is 16.3. The fraction of sp³-hybridized carbons (Fsp3) is 0.533. The molecule has 0 radical (unpaired) electrons. The maximum atomic E-state index is 9.51. The van der Waals surface area contributed by atoms with Crippen LogP contribution in [0.15, 0.2) is 18.2 Å². The molecule has 0 fully saturated rings. The van der Waals surface area contributed by atoms with Gasteiger partial charge in [-0.2, -0.15) is 0 Å². The Morgan fingerprint density at radius 3 is 2.63 bits per heavy atom. The van der Waals surface area contributed by atoms with Crippen LogP contribution in [0.2, 0.25) is 0 Å². The van der Waals surface area contributed by atoms with Crippen LogP contribution in [0.5, 0.6) is 0 Å². The number of fused-ring (bicyclic) bond motifs is 1. The van der Waals surface area contributed by atoms with Gasteiger partial charge in [-0.15, -0.1) is 0 Å². The molecule has 0 amide bonds. The number of aliphatic hydroxyl groups excluding tert-OH is 1. The van der Waals surface area contributed by atoms with Crippen molar-refractivity contribution in [3.63, 3.8) is 0 Å². The van der Waals surface area contributed by atoms with Gasteiger partial charge in [-0.25, -0.2) is 4.98 Å². The zero-order valence-corrected chi connectivity index (χ0v) is 12.1. The summed E-state index contributed by atoms with van der Waals surface area (Å²) < 4.78 is 2.20. The Bertz CT molecular complexity index is 579. The molecular weight excluding hydrogens is 238 g/mol. The Balaban J connectivity index is 2.55. The highest BCUT2D eigenvalue weighted by molar-refractivity contribution is 5.79. The molecule has 1 atom stereocenters. The number of nitrogens with two attached hydrogens (primary N) is 1. The molecule has 1 heterocycles. The van der Waals surface area contributed by atoms with Crippen LogP contribution in [-0.4, -0.2) is 20.8 Å². The topological polar surface area (TPSA) is 64.1 Å². The third-order valence-electron chi connectivity index (χ3n) is 3.21. The molecule has 19 heavy (non-hydrogen) atoms. The Morgan fingerprint density at radius 1 is 1.37 bits per heavy atom. The quantitative estimate of drug-likeness (QED) is 0.835. The molecule has 0 saturated heterocycles. The molecule has 104 valence electrons. The number of nitrogen functional groups attached to an aromatic ring is 1. The SMILES string of the molecule is CC(O)CCn1c(C(C)(C)C)nc2cc(N)ccc21. The number of aryl methyl sites for hydroxylation is 1. The minimum Gasteiger partial charge on any atom is -0.399 e. The maximum Gasteiger partial charge on any atom is 0.115 e. The van der Waals surface area contributed by atoms with E-state index in [1.807, 2.05) is 25.1 Å². The summed E-state index contributed by atoms with van der Waals surface area (Å²) in [6.45, 7) is 9.03. The molecule has 1 aromatic heterocycles. The van der Waals surface area contributed by atoms with Gasteiger partial charge in [0.15, 0.2) is 0 Å². The molecule has 2 aromatic rings. The number of rotatable bonds is 3. The molecule has 0 bridgehead atoms. The van der Waals surface area contributed by atoms with E-state index in [-0.39, 0.29) is 11.5 Å². The molecule has 0 aliphatic rings. The van der Waals surface area contributed by atoms with Crippen molar-refractivity contribution in [3.05, 3.63) is 24.0 Å². The molecule has 2 rings (SSSR count). The average molecular weight is 261 g/mol. The van der Waals surface area contributed by atoms with Crippen LogP contribution in [0.1, 0.15) is 39.9 Å². The monoisotopic (exact) mass is 261 g/mol. The van der Waals surface area contributed by atoms with Crippen LogP contribution in [0.25, 0.3) is 11.0 Å². The van der Waals surface area contributed by atoms with E-state index >= 15 is 0 Å². The van der Waals surface area contributed by atoms with Crippen LogP contribution in [0.4, 0.5) is 5.69 Å². The Kier molecular flexibility index (Phi) is 3.54. The summed E-state index contributed by atoms with van der Waals surface area (Å²) in [7, 11) is 0. The second-order valence-electron chi connectivity index (χ2n) is 6.22. The third kappa shape index (κ3) is 2.89. The largest absolute Gasteiger partial charge is 0.399 e. The third-order valence-corrected chi connectivity index (χ3v) is 3.21. The number of hydrogen-bond donors (Lipinski definition) is 2. The summed E-state index contributed by atoms with van der Waals surface area (Å²) in [5.74, 6) is 1.04. The molecular formula is C15H23N3O. The lowest BCUT2D eigenvalue weighted by atomic mass is 9.95. The smallest absolute Gasteiger partial charge is 0.115 e. The van der Waals surface area contributed by atoms with Gasteiger partial charge in [0.1, 0.15) is 5.82 Å². The van der Waals surface area contributed by atoms with Crippen LogP contribution >= 0.6 is 0 Å². The fourth-order valence-electron chi connectivity index (χ4n) is 2.26. The summed E-state index contributed by atoms with van der Waals surface area (Å²) in [5, 5.41) is 9.51. The van der Waals surface area contributed by atoms with Crippen LogP contribution in [-0.2, 0) is 12.0 Å².